The van der Waals surface area contributed by atoms with Crippen LogP contribution in [0.5, 0.6) is 0 Å². The zero-order chi connectivity index (χ0) is 32.2. The molecule has 236 valence electrons. The quantitative estimate of drug-likeness (QED) is 0.205. The van der Waals surface area contributed by atoms with Gasteiger partial charge in [-0.1, -0.05) is 51.1 Å². The van der Waals surface area contributed by atoms with Crippen LogP contribution in [0.25, 0.3) is 20.7 Å². The second-order valence-electron chi connectivity index (χ2n) is 12.2. The van der Waals surface area contributed by atoms with Crippen molar-refractivity contribution in [1.82, 2.24) is 14.0 Å². The largest absolute Gasteiger partial charge is 0.383 e. The number of carbonyl (C=O) groups is 1. The van der Waals surface area contributed by atoms with Crippen LogP contribution in [-0.4, -0.2) is 60.8 Å². The molecule has 0 atom stereocenters. The lowest BCUT2D eigenvalue weighted by Gasteiger charge is -2.21. The van der Waals surface area contributed by atoms with E-state index < -0.39 is 28.3 Å². The Bertz CT molecular complexity index is 1730. The van der Waals surface area contributed by atoms with Crippen LogP contribution in [0.15, 0.2) is 52.1 Å². The van der Waals surface area contributed by atoms with Crippen LogP contribution < -0.4 is 11.2 Å². The second kappa shape index (κ2) is 14.1. The van der Waals surface area contributed by atoms with E-state index in [1.165, 1.54) is 33.6 Å². The summed E-state index contributed by atoms with van der Waals surface area (Å²) in [7, 11) is 5.00. The number of aromatic nitrogens is 2. The van der Waals surface area contributed by atoms with E-state index >= 15 is 0 Å². The molecule has 0 aliphatic carbocycles. The fraction of sp³-hybridized carbons (Fsp3) is 0.424. The van der Waals surface area contributed by atoms with Crippen LogP contribution in [0.4, 0.5) is 8.78 Å². The molecule has 4 rings (SSSR count). The number of methoxy groups -OCH3 is 2. The molecular weight excluding hydrogens is 588 g/mol. The third kappa shape index (κ3) is 7.58. The average Bonchev–Trinajstić information content (AvgIpc) is 3.32. The Balaban J connectivity index is 1.99. The molecular formula is C33H39F2N3O5S. The highest BCUT2D eigenvalue weighted by Gasteiger charge is 2.26. The minimum absolute atomic E-state index is 0.0248. The maximum absolute atomic E-state index is 14.9. The van der Waals surface area contributed by atoms with Gasteiger partial charge in [0.1, 0.15) is 23.1 Å². The van der Waals surface area contributed by atoms with Gasteiger partial charge in [0.05, 0.1) is 18.5 Å². The number of rotatable bonds is 13. The number of ketones is 1. The van der Waals surface area contributed by atoms with Gasteiger partial charge >= 0.3 is 5.69 Å². The molecule has 0 aliphatic heterocycles. The lowest BCUT2D eigenvalue weighted by atomic mass is 9.97. The third-order valence-electron chi connectivity index (χ3n) is 7.19. The van der Waals surface area contributed by atoms with Crippen molar-refractivity contribution in [3.05, 3.63) is 91.6 Å². The van der Waals surface area contributed by atoms with Gasteiger partial charge in [-0.15, -0.1) is 11.3 Å². The zero-order valence-corrected chi connectivity index (χ0v) is 26.9. The van der Waals surface area contributed by atoms with Crippen molar-refractivity contribution in [2.45, 2.75) is 46.8 Å². The van der Waals surface area contributed by atoms with Gasteiger partial charge in [-0.2, -0.15) is 0 Å². The van der Waals surface area contributed by atoms with Crippen molar-refractivity contribution in [2.75, 3.05) is 41.0 Å². The van der Waals surface area contributed by atoms with E-state index in [1.54, 1.807) is 7.11 Å². The van der Waals surface area contributed by atoms with E-state index in [-0.39, 0.29) is 37.5 Å². The van der Waals surface area contributed by atoms with Gasteiger partial charge in [0, 0.05) is 50.7 Å². The van der Waals surface area contributed by atoms with E-state index in [9.17, 15) is 23.2 Å². The number of hydrogen-bond donors (Lipinski definition) is 0. The third-order valence-corrected chi connectivity index (χ3v) is 8.50. The number of carbonyl (C=O) groups excluding carboxylic acids is 1. The summed E-state index contributed by atoms with van der Waals surface area (Å²) in [6.07, 6.45) is 0.221. The van der Waals surface area contributed by atoms with E-state index in [4.69, 9.17) is 9.47 Å². The lowest BCUT2D eigenvalue weighted by Crippen LogP contribution is -2.42. The highest BCUT2D eigenvalue weighted by atomic mass is 32.1. The maximum atomic E-state index is 14.9. The number of thiophene rings is 1. The van der Waals surface area contributed by atoms with Gasteiger partial charge in [-0.3, -0.25) is 23.6 Å². The molecule has 0 aliphatic rings. The summed E-state index contributed by atoms with van der Waals surface area (Å²) in [6, 6.07) is 11.0. The first-order valence-corrected chi connectivity index (χ1v) is 15.2. The molecule has 11 heteroatoms. The molecule has 0 radical (unpaired) electrons. The summed E-state index contributed by atoms with van der Waals surface area (Å²) < 4.78 is 42.4. The monoisotopic (exact) mass is 627 g/mol. The Morgan fingerprint density at radius 2 is 1.61 bits per heavy atom. The van der Waals surface area contributed by atoms with Gasteiger partial charge in [0.2, 0.25) is 0 Å². The number of benzene rings is 2. The van der Waals surface area contributed by atoms with Gasteiger partial charge < -0.3 is 9.47 Å². The maximum Gasteiger partial charge on any atom is 0.332 e. The Morgan fingerprint density at radius 1 is 0.955 bits per heavy atom. The predicted molar refractivity (Wildman–Crippen MR) is 169 cm³/mol. The standard InChI is InChI=1S/C33H39F2N3O5S/c1-33(2,3)20-38-30(40)28-25(17-36(4)14-15-42-5)29(22-12-10-21(11-13-22)16-23(39)19-43-6)44-31(28)37(32(38)41)18-24-26(34)8-7-9-27(24)35/h7-13H,14-20H2,1-6H3. The fourth-order valence-electron chi connectivity index (χ4n) is 5.11. The zero-order valence-electron chi connectivity index (χ0n) is 26.0. The Hall–Kier alpha value is -3.51. The van der Waals surface area contributed by atoms with Gasteiger partial charge in [0.15, 0.2) is 5.78 Å². The first kappa shape index (κ1) is 33.4. The molecule has 2 aromatic heterocycles. The van der Waals surface area contributed by atoms with E-state index in [1.807, 2.05) is 57.0 Å². The molecule has 0 N–H and O–H groups in total. The van der Waals surface area contributed by atoms with E-state index in [0.29, 0.717) is 35.5 Å². The first-order valence-electron chi connectivity index (χ1n) is 14.3. The molecule has 8 nitrogen and oxygen atoms in total. The number of hydrogen-bond acceptors (Lipinski definition) is 7. The van der Waals surface area contributed by atoms with Crippen LogP contribution in [-0.2, 0) is 40.3 Å². The summed E-state index contributed by atoms with van der Waals surface area (Å²) in [5.74, 6) is -1.59. The normalized spacial score (nSPS) is 12.0. The molecule has 2 heterocycles. The highest BCUT2D eigenvalue weighted by Crippen LogP contribution is 2.38. The molecule has 0 spiro atoms. The van der Waals surface area contributed by atoms with E-state index in [2.05, 4.69) is 0 Å². The van der Waals surface area contributed by atoms with Crippen LogP contribution in [0.3, 0.4) is 0 Å². The van der Waals surface area contributed by atoms with Crippen LogP contribution >= 0.6 is 11.3 Å². The molecule has 0 bridgehead atoms. The smallest absolute Gasteiger partial charge is 0.332 e. The van der Waals surface area contributed by atoms with Crippen LogP contribution in [0.2, 0.25) is 0 Å². The van der Waals surface area contributed by atoms with Crippen molar-refractivity contribution in [3.8, 4) is 10.4 Å². The van der Waals surface area contributed by atoms with E-state index in [0.717, 1.165) is 28.1 Å². The SMILES string of the molecule is COCCN(C)Cc1c(-c2ccc(CC(=O)COC)cc2)sc2c1c(=O)n(CC(C)(C)C)c(=O)n2Cc1c(F)cccc1F. The Labute approximate surface area is 259 Å². The summed E-state index contributed by atoms with van der Waals surface area (Å²) in [5, 5.41) is 0.342. The molecule has 0 saturated carbocycles. The molecule has 4 aromatic rings. The van der Waals surface area contributed by atoms with Crippen molar-refractivity contribution < 1.29 is 23.0 Å². The van der Waals surface area contributed by atoms with Crippen LogP contribution in [0, 0.1) is 17.0 Å². The molecule has 0 amide bonds. The van der Waals surface area contributed by atoms with Gasteiger partial charge in [-0.25, -0.2) is 13.6 Å². The summed E-state index contributed by atoms with van der Waals surface area (Å²) in [4.78, 5) is 43.4. The van der Waals surface area contributed by atoms with Gasteiger partial charge in [0.25, 0.3) is 5.56 Å². The Morgan fingerprint density at radius 3 is 2.20 bits per heavy atom. The first-order chi connectivity index (χ1) is 20.8. The number of Topliss-reactive ketones (excluding diaryl/α,β-unsaturated/α-hetero) is 1. The average molecular weight is 628 g/mol. The second-order valence-corrected chi connectivity index (χ2v) is 13.2. The lowest BCUT2D eigenvalue weighted by molar-refractivity contribution is -0.121. The number of fused-ring (bicyclic) bond motifs is 1. The molecule has 0 fully saturated rings. The number of likely N-dealkylation sites (N-methyl/N-ethyl adjacent to an activating group) is 1. The number of halogens is 2. The summed E-state index contributed by atoms with van der Waals surface area (Å²) in [6.45, 7) is 6.95. The highest BCUT2D eigenvalue weighted by molar-refractivity contribution is 7.22. The fourth-order valence-corrected chi connectivity index (χ4v) is 6.41. The van der Waals surface area contributed by atoms with Gasteiger partial charge in [-0.05, 0) is 41.3 Å². The Kier molecular flexibility index (Phi) is 10.7. The topological polar surface area (TPSA) is 82.8 Å². The predicted octanol–water partition coefficient (Wildman–Crippen LogP) is 5.10. The minimum Gasteiger partial charge on any atom is -0.383 e. The number of nitrogens with zero attached hydrogens (tertiary/aromatic N) is 3. The molecule has 0 saturated heterocycles. The number of ether oxygens (including phenoxy) is 2. The van der Waals surface area contributed by atoms with Crippen molar-refractivity contribution in [2.24, 2.45) is 5.41 Å². The van der Waals surface area contributed by atoms with Crippen molar-refractivity contribution in [1.29, 1.82) is 0 Å². The molecule has 2 aromatic carbocycles. The molecule has 44 heavy (non-hydrogen) atoms. The summed E-state index contributed by atoms with van der Waals surface area (Å²) in [5.41, 5.74) is 0.571. The minimum atomic E-state index is -0.770. The van der Waals surface area contributed by atoms with Crippen molar-refractivity contribution in [3.63, 3.8) is 0 Å². The molecule has 0 unspecified atom stereocenters. The van der Waals surface area contributed by atoms with Crippen LogP contribution in [0.1, 0.15) is 37.5 Å². The summed E-state index contributed by atoms with van der Waals surface area (Å²) >= 11 is 1.24. The van der Waals surface area contributed by atoms with Crippen molar-refractivity contribution >= 4 is 27.3 Å².